The van der Waals surface area contributed by atoms with Crippen molar-refractivity contribution in [3.63, 3.8) is 0 Å². The largest absolute Gasteiger partial charge is 0.391 e. The van der Waals surface area contributed by atoms with Crippen LogP contribution in [0.1, 0.15) is 32.1 Å². The van der Waals surface area contributed by atoms with Crippen molar-refractivity contribution in [2.24, 2.45) is 5.92 Å². The third-order valence-corrected chi connectivity index (χ3v) is 6.00. The van der Waals surface area contributed by atoms with Crippen LogP contribution in [0.15, 0.2) is 29.2 Å². The van der Waals surface area contributed by atoms with Gasteiger partial charge in [0.05, 0.1) is 10.8 Å². The molecule has 1 aliphatic rings. The highest BCUT2D eigenvalue weighted by Crippen LogP contribution is 2.37. The number of benzene rings is 1. The topological polar surface area (TPSA) is 75.3 Å². The Bertz CT molecular complexity index is 723. The van der Waals surface area contributed by atoms with Gasteiger partial charge < -0.3 is 5.32 Å². The van der Waals surface area contributed by atoms with E-state index in [1.165, 1.54) is 24.3 Å². The third kappa shape index (κ3) is 6.14. The molecular formula is C16H20ClF3N2O3S. The summed E-state index contributed by atoms with van der Waals surface area (Å²) in [6.45, 7) is -0.147. The van der Waals surface area contributed by atoms with E-state index in [1.54, 1.807) is 0 Å². The minimum absolute atomic E-state index is 0.0163. The number of nitrogens with one attached hydrogen (secondary N) is 2. The number of alkyl halides is 3. The summed E-state index contributed by atoms with van der Waals surface area (Å²) in [6, 6.07) is 5.01. The lowest BCUT2D eigenvalue weighted by molar-refractivity contribution is -0.184. The standard InChI is InChI=1S/C16H20ClF3N2O3S/c17-12-4-6-14(7-5-12)26(24,25)21-9-8-15(23)22-13-3-1-2-11(10-13)16(18,19)20/h4-7,11,13,21H,1-3,8-10H2,(H,22,23). The summed E-state index contributed by atoms with van der Waals surface area (Å²) in [6.07, 6.45) is -3.56. The van der Waals surface area contributed by atoms with Crippen molar-refractivity contribution >= 4 is 27.5 Å². The molecule has 0 radical (unpaired) electrons. The van der Waals surface area contributed by atoms with E-state index in [0.29, 0.717) is 17.9 Å². The van der Waals surface area contributed by atoms with Crippen LogP contribution in [0.25, 0.3) is 0 Å². The van der Waals surface area contributed by atoms with Gasteiger partial charge >= 0.3 is 6.18 Å². The molecule has 2 unspecified atom stereocenters. The first-order valence-electron chi connectivity index (χ1n) is 8.19. The molecular weight excluding hydrogens is 393 g/mol. The van der Waals surface area contributed by atoms with E-state index in [9.17, 15) is 26.4 Å². The zero-order valence-electron chi connectivity index (χ0n) is 13.9. The molecule has 1 saturated carbocycles. The third-order valence-electron chi connectivity index (χ3n) is 4.27. The number of halogens is 4. The Kier molecular flexibility index (Phi) is 6.92. The SMILES string of the molecule is O=C(CCNS(=O)(=O)c1ccc(Cl)cc1)NC1CCCC(C(F)(F)F)C1. The van der Waals surface area contributed by atoms with Gasteiger partial charge in [0, 0.05) is 24.0 Å². The first-order valence-corrected chi connectivity index (χ1v) is 10.1. The molecule has 2 N–H and O–H groups in total. The predicted molar refractivity (Wildman–Crippen MR) is 91.2 cm³/mol. The van der Waals surface area contributed by atoms with Gasteiger partial charge in [0.15, 0.2) is 0 Å². The van der Waals surface area contributed by atoms with E-state index in [4.69, 9.17) is 11.6 Å². The highest BCUT2D eigenvalue weighted by atomic mass is 35.5. The first-order chi connectivity index (χ1) is 12.1. The smallest absolute Gasteiger partial charge is 0.353 e. The molecule has 1 aromatic rings. The molecule has 0 spiro atoms. The van der Waals surface area contributed by atoms with E-state index < -0.39 is 34.1 Å². The molecule has 0 heterocycles. The van der Waals surface area contributed by atoms with Crippen LogP contribution in [0.4, 0.5) is 13.2 Å². The number of hydrogen-bond donors (Lipinski definition) is 2. The van der Waals surface area contributed by atoms with E-state index in [0.717, 1.165) is 0 Å². The molecule has 146 valence electrons. The summed E-state index contributed by atoms with van der Waals surface area (Å²) in [5.41, 5.74) is 0. The van der Waals surface area contributed by atoms with Crippen LogP contribution in [0.3, 0.4) is 0 Å². The lowest BCUT2D eigenvalue weighted by Gasteiger charge is -2.31. The molecule has 1 amide bonds. The van der Waals surface area contributed by atoms with Crippen molar-refractivity contribution in [1.82, 2.24) is 10.0 Å². The van der Waals surface area contributed by atoms with Gasteiger partial charge in [-0.2, -0.15) is 13.2 Å². The molecule has 10 heteroatoms. The summed E-state index contributed by atoms with van der Waals surface area (Å²) in [4.78, 5) is 11.9. The molecule has 1 aliphatic carbocycles. The summed E-state index contributed by atoms with van der Waals surface area (Å²) in [5.74, 6) is -1.87. The Labute approximate surface area is 155 Å². The van der Waals surface area contributed by atoms with Gasteiger partial charge in [-0.15, -0.1) is 0 Å². The average molecular weight is 413 g/mol. The number of sulfonamides is 1. The second kappa shape index (κ2) is 8.58. The van der Waals surface area contributed by atoms with Crippen molar-refractivity contribution in [1.29, 1.82) is 0 Å². The first kappa shape index (κ1) is 21.0. The van der Waals surface area contributed by atoms with Gasteiger partial charge in [-0.3, -0.25) is 4.79 Å². The zero-order valence-corrected chi connectivity index (χ0v) is 15.4. The quantitative estimate of drug-likeness (QED) is 0.753. The van der Waals surface area contributed by atoms with Crippen LogP contribution in [0.5, 0.6) is 0 Å². The van der Waals surface area contributed by atoms with Crippen molar-refractivity contribution in [2.75, 3.05) is 6.54 Å². The Balaban J connectivity index is 1.79. The zero-order chi connectivity index (χ0) is 19.4. The molecule has 0 aromatic heterocycles. The number of rotatable bonds is 6. The molecule has 1 fully saturated rings. The minimum Gasteiger partial charge on any atom is -0.353 e. The van der Waals surface area contributed by atoms with E-state index in [-0.39, 0.29) is 30.7 Å². The molecule has 5 nitrogen and oxygen atoms in total. The predicted octanol–water partition coefficient (Wildman–Crippen LogP) is 3.25. The van der Waals surface area contributed by atoms with Gasteiger partial charge in [0.2, 0.25) is 15.9 Å². The second-order valence-corrected chi connectivity index (χ2v) is 8.47. The van der Waals surface area contributed by atoms with Crippen LogP contribution in [0, 0.1) is 5.92 Å². The molecule has 2 atom stereocenters. The Morgan fingerprint density at radius 1 is 1.19 bits per heavy atom. The lowest BCUT2D eigenvalue weighted by atomic mass is 9.85. The number of hydrogen-bond acceptors (Lipinski definition) is 3. The highest BCUT2D eigenvalue weighted by molar-refractivity contribution is 7.89. The van der Waals surface area contributed by atoms with Crippen LogP contribution in [-0.2, 0) is 14.8 Å². The fourth-order valence-corrected chi connectivity index (χ4v) is 4.07. The Morgan fingerprint density at radius 3 is 2.46 bits per heavy atom. The molecule has 0 saturated heterocycles. The van der Waals surface area contributed by atoms with Crippen molar-refractivity contribution in [3.05, 3.63) is 29.3 Å². The van der Waals surface area contributed by atoms with Crippen LogP contribution in [-0.4, -0.2) is 33.1 Å². The Morgan fingerprint density at radius 2 is 1.85 bits per heavy atom. The number of amides is 1. The number of carbonyl (C=O) groups excluding carboxylic acids is 1. The van der Waals surface area contributed by atoms with Crippen LogP contribution >= 0.6 is 11.6 Å². The molecule has 2 rings (SSSR count). The van der Waals surface area contributed by atoms with Crippen LogP contribution in [0.2, 0.25) is 5.02 Å². The van der Waals surface area contributed by atoms with Crippen LogP contribution < -0.4 is 10.0 Å². The van der Waals surface area contributed by atoms with E-state index in [2.05, 4.69) is 10.0 Å². The summed E-state index contributed by atoms with van der Waals surface area (Å²) < 4.78 is 64.7. The normalized spacial score (nSPS) is 21.4. The Hall–Kier alpha value is -1.32. The second-order valence-electron chi connectivity index (χ2n) is 6.27. The lowest BCUT2D eigenvalue weighted by Crippen LogP contribution is -2.42. The highest BCUT2D eigenvalue weighted by Gasteiger charge is 2.42. The van der Waals surface area contributed by atoms with E-state index >= 15 is 0 Å². The monoisotopic (exact) mass is 412 g/mol. The van der Waals surface area contributed by atoms with Gasteiger partial charge in [-0.1, -0.05) is 18.0 Å². The van der Waals surface area contributed by atoms with Crippen molar-refractivity contribution < 1.29 is 26.4 Å². The maximum atomic E-state index is 12.8. The van der Waals surface area contributed by atoms with Gasteiger partial charge in [0.25, 0.3) is 0 Å². The van der Waals surface area contributed by atoms with Crippen molar-refractivity contribution in [2.45, 2.75) is 49.2 Å². The minimum atomic E-state index is -4.25. The fourth-order valence-electron chi connectivity index (χ4n) is 2.91. The molecule has 0 bridgehead atoms. The molecule has 1 aromatic carbocycles. The maximum absolute atomic E-state index is 12.8. The fraction of sp³-hybridized carbons (Fsp3) is 0.562. The van der Waals surface area contributed by atoms with E-state index in [1.807, 2.05) is 0 Å². The summed E-state index contributed by atoms with van der Waals surface area (Å²) in [5, 5.41) is 2.96. The van der Waals surface area contributed by atoms with Gasteiger partial charge in [-0.05, 0) is 43.5 Å². The van der Waals surface area contributed by atoms with Gasteiger partial charge in [0.1, 0.15) is 0 Å². The van der Waals surface area contributed by atoms with Crippen molar-refractivity contribution in [3.8, 4) is 0 Å². The summed E-state index contributed by atoms with van der Waals surface area (Å²) in [7, 11) is -3.77. The van der Waals surface area contributed by atoms with Gasteiger partial charge in [-0.25, -0.2) is 13.1 Å². The average Bonchev–Trinajstić information content (AvgIpc) is 2.54. The summed E-state index contributed by atoms with van der Waals surface area (Å²) >= 11 is 5.70. The number of carbonyl (C=O) groups is 1. The molecule has 26 heavy (non-hydrogen) atoms. The maximum Gasteiger partial charge on any atom is 0.391 e. The molecule has 0 aliphatic heterocycles.